The Balaban J connectivity index is 2.14. The Bertz CT molecular complexity index is 949. The number of ether oxygens (including phenoxy) is 1. The van der Waals surface area contributed by atoms with Gasteiger partial charge in [0.1, 0.15) is 11.6 Å². The van der Waals surface area contributed by atoms with E-state index in [9.17, 15) is 4.79 Å². The summed E-state index contributed by atoms with van der Waals surface area (Å²) in [7, 11) is 0. The summed E-state index contributed by atoms with van der Waals surface area (Å²) < 4.78 is 7.47. The fourth-order valence-electron chi connectivity index (χ4n) is 2.95. The van der Waals surface area contributed by atoms with Gasteiger partial charge < -0.3 is 4.74 Å². The van der Waals surface area contributed by atoms with E-state index in [1.165, 1.54) is 0 Å². The van der Waals surface area contributed by atoms with Crippen molar-refractivity contribution < 1.29 is 4.74 Å². The number of benzene rings is 1. The lowest BCUT2D eigenvalue weighted by Crippen LogP contribution is -2.22. The molecule has 1 aromatic carbocycles. The molecule has 3 heterocycles. The Morgan fingerprint density at radius 1 is 1.32 bits per heavy atom. The van der Waals surface area contributed by atoms with Crippen LogP contribution in [0.3, 0.4) is 0 Å². The molecule has 0 bridgehead atoms. The zero-order valence-electron chi connectivity index (χ0n) is 11.9. The first-order valence-electron chi connectivity index (χ1n) is 7.10. The summed E-state index contributed by atoms with van der Waals surface area (Å²) in [4.78, 5) is 17.4. The SMILES string of the molecule is CC1Cc2c(c3ncccc3n(-c3cccc(Cl)c3)c2=O)O1. The Kier molecular flexibility index (Phi) is 2.94. The molecule has 0 fully saturated rings. The van der Waals surface area contributed by atoms with Crippen molar-refractivity contribution in [2.24, 2.45) is 0 Å². The van der Waals surface area contributed by atoms with Crippen LogP contribution in [0.4, 0.5) is 0 Å². The van der Waals surface area contributed by atoms with Gasteiger partial charge in [-0.05, 0) is 37.3 Å². The third-order valence-electron chi connectivity index (χ3n) is 3.85. The third-order valence-corrected chi connectivity index (χ3v) is 4.09. The standard InChI is InChI=1S/C17H13ClN2O2/c1-10-8-13-16(22-10)15-14(6-3-7-19-15)20(17(13)21)12-5-2-4-11(18)9-12/h2-7,9-10H,8H2,1H3. The minimum Gasteiger partial charge on any atom is -0.488 e. The van der Waals surface area contributed by atoms with Crippen LogP contribution in [0.5, 0.6) is 5.75 Å². The number of rotatable bonds is 1. The number of fused-ring (bicyclic) bond motifs is 3. The van der Waals surface area contributed by atoms with Gasteiger partial charge in [-0.25, -0.2) is 0 Å². The lowest BCUT2D eigenvalue weighted by atomic mass is 10.1. The first-order chi connectivity index (χ1) is 10.6. The molecule has 0 saturated heterocycles. The second-order valence-electron chi connectivity index (χ2n) is 5.43. The zero-order chi connectivity index (χ0) is 15.3. The van der Waals surface area contributed by atoms with Gasteiger partial charge >= 0.3 is 0 Å². The maximum atomic E-state index is 12.9. The minimum absolute atomic E-state index is 0.0110. The van der Waals surface area contributed by atoms with Crippen LogP contribution in [-0.4, -0.2) is 15.7 Å². The minimum atomic E-state index is -0.0675. The van der Waals surface area contributed by atoms with E-state index in [2.05, 4.69) is 4.98 Å². The van der Waals surface area contributed by atoms with Crippen molar-refractivity contribution in [3.05, 3.63) is 63.5 Å². The maximum Gasteiger partial charge on any atom is 0.262 e. The first-order valence-corrected chi connectivity index (χ1v) is 7.48. The third kappa shape index (κ3) is 1.91. The van der Waals surface area contributed by atoms with Crippen molar-refractivity contribution in [3.63, 3.8) is 0 Å². The topological polar surface area (TPSA) is 44.1 Å². The van der Waals surface area contributed by atoms with E-state index in [-0.39, 0.29) is 11.7 Å². The molecular formula is C17H13ClN2O2. The van der Waals surface area contributed by atoms with Gasteiger partial charge in [-0.3, -0.25) is 14.3 Å². The Labute approximate surface area is 131 Å². The van der Waals surface area contributed by atoms with E-state index < -0.39 is 0 Å². The molecule has 0 amide bonds. The molecule has 1 aliphatic rings. The van der Waals surface area contributed by atoms with E-state index in [0.717, 1.165) is 11.2 Å². The predicted molar refractivity (Wildman–Crippen MR) is 86.1 cm³/mol. The normalized spacial score (nSPS) is 16.5. The lowest BCUT2D eigenvalue weighted by molar-refractivity contribution is 0.257. The quantitative estimate of drug-likeness (QED) is 0.692. The van der Waals surface area contributed by atoms with Crippen LogP contribution in [0, 0.1) is 0 Å². The van der Waals surface area contributed by atoms with E-state index in [0.29, 0.717) is 28.3 Å². The molecular weight excluding hydrogens is 300 g/mol. The zero-order valence-corrected chi connectivity index (χ0v) is 12.7. The van der Waals surface area contributed by atoms with Crippen molar-refractivity contribution in [1.82, 2.24) is 9.55 Å². The molecule has 1 unspecified atom stereocenters. The monoisotopic (exact) mass is 312 g/mol. The van der Waals surface area contributed by atoms with Gasteiger partial charge in [0.2, 0.25) is 0 Å². The molecule has 4 nitrogen and oxygen atoms in total. The number of hydrogen-bond donors (Lipinski definition) is 0. The van der Waals surface area contributed by atoms with Gasteiger partial charge in [0.15, 0.2) is 5.75 Å². The molecule has 2 aromatic heterocycles. The van der Waals surface area contributed by atoms with Gasteiger partial charge in [0, 0.05) is 17.6 Å². The van der Waals surface area contributed by atoms with Gasteiger partial charge in [0.25, 0.3) is 5.56 Å². The molecule has 110 valence electrons. The molecule has 1 aliphatic heterocycles. The lowest BCUT2D eigenvalue weighted by Gasteiger charge is -2.13. The Morgan fingerprint density at radius 3 is 3.00 bits per heavy atom. The molecule has 0 saturated carbocycles. The summed E-state index contributed by atoms with van der Waals surface area (Å²) >= 11 is 6.08. The highest BCUT2D eigenvalue weighted by atomic mass is 35.5. The van der Waals surface area contributed by atoms with Crippen molar-refractivity contribution in [2.45, 2.75) is 19.4 Å². The number of aromatic nitrogens is 2. The summed E-state index contributed by atoms with van der Waals surface area (Å²) in [6.45, 7) is 1.96. The van der Waals surface area contributed by atoms with Crippen LogP contribution in [0.2, 0.25) is 5.02 Å². The van der Waals surface area contributed by atoms with Crippen molar-refractivity contribution in [1.29, 1.82) is 0 Å². The van der Waals surface area contributed by atoms with E-state index in [4.69, 9.17) is 16.3 Å². The summed E-state index contributed by atoms with van der Waals surface area (Å²) in [5, 5.41) is 0.589. The Hall–Kier alpha value is -2.33. The van der Waals surface area contributed by atoms with Crippen molar-refractivity contribution in [3.8, 4) is 11.4 Å². The predicted octanol–water partition coefficient (Wildman–Crippen LogP) is 3.36. The van der Waals surface area contributed by atoms with Crippen LogP contribution in [0.15, 0.2) is 47.4 Å². The smallest absolute Gasteiger partial charge is 0.262 e. The second-order valence-corrected chi connectivity index (χ2v) is 5.87. The van der Waals surface area contributed by atoms with Gasteiger partial charge in [-0.2, -0.15) is 0 Å². The van der Waals surface area contributed by atoms with Crippen molar-refractivity contribution in [2.75, 3.05) is 0 Å². The van der Waals surface area contributed by atoms with Crippen LogP contribution < -0.4 is 10.3 Å². The summed E-state index contributed by atoms with van der Waals surface area (Å²) in [5.41, 5.74) is 2.78. The Morgan fingerprint density at radius 2 is 2.18 bits per heavy atom. The molecule has 3 aromatic rings. The molecule has 0 N–H and O–H groups in total. The van der Waals surface area contributed by atoms with E-state index in [1.807, 2.05) is 31.2 Å². The molecule has 1 atom stereocenters. The highest BCUT2D eigenvalue weighted by molar-refractivity contribution is 6.30. The van der Waals surface area contributed by atoms with Crippen molar-refractivity contribution >= 4 is 22.6 Å². The molecule has 0 spiro atoms. The highest BCUT2D eigenvalue weighted by Gasteiger charge is 2.27. The van der Waals surface area contributed by atoms with Crippen LogP contribution in [0.1, 0.15) is 12.5 Å². The van der Waals surface area contributed by atoms with E-state index in [1.54, 1.807) is 22.9 Å². The average Bonchev–Trinajstić information content (AvgIpc) is 2.90. The second kappa shape index (κ2) is 4.85. The average molecular weight is 313 g/mol. The molecule has 0 aliphatic carbocycles. The number of nitrogens with zero attached hydrogens (tertiary/aromatic N) is 2. The highest BCUT2D eigenvalue weighted by Crippen LogP contribution is 2.33. The molecule has 4 rings (SSSR count). The van der Waals surface area contributed by atoms with E-state index >= 15 is 0 Å². The largest absolute Gasteiger partial charge is 0.488 e. The van der Waals surface area contributed by atoms with Crippen LogP contribution in [0.25, 0.3) is 16.7 Å². The van der Waals surface area contributed by atoms with Crippen LogP contribution >= 0.6 is 11.6 Å². The molecule has 5 heteroatoms. The van der Waals surface area contributed by atoms with Gasteiger partial charge in [-0.15, -0.1) is 0 Å². The van der Waals surface area contributed by atoms with Gasteiger partial charge in [-0.1, -0.05) is 17.7 Å². The molecule has 22 heavy (non-hydrogen) atoms. The summed E-state index contributed by atoms with van der Waals surface area (Å²) in [6.07, 6.45) is 2.30. The number of halogens is 1. The first kappa shape index (κ1) is 13.3. The van der Waals surface area contributed by atoms with Gasteiger partial charge in [0.05, 0.1) is 16.8 Å². The maximum absolute atomic E-state index is 12.9. The summed E-state index contributed by atoms with van der Waals surface area (Å²) in [6, 6.07) is 10.9. The number of pyridine rings is 2. The fraction of sp³-hybridized carbons (Fsp3) is 0.176. The fourth-order valence-corrected chi connectivity index (χ4v) is 3.13. The number of hydrogen-bond acceptors (Lipinski definition) is 3. The summed E-state index contributed by atoms with van der Waals surface area (Å²) in [5.74, 6) is 0.617. The van der Waals surface area contributed by atoms with Crippen LogP contribution in [-0.2, 0) is 6.42 Å². The molecule has 0 radical (unpaired) electrons.